The molecule has 4 heteroatoms. The smallest absolute Gasteiger partial charge is 0.0564 e. The molecule has 0 fully saturated rings. The van der Waals surface area contributed by atoms with E-state index in [0.29, 0.717) is 6.42 Å². The van der Waals surface area contributed by atoms with Gasteiger partial charge in [-0.3, -0.25) is 0 Å². The van der Waals surface area contributed by atoms with Gasteiger partial charge in [0.2, 0.25) is 0 Å². The van der Waals surface area contributed by atoms with E-state index in [1.807, 2.05) is 27.7 Å². The minimum atomic E-state index is -0.318. The van der Waals surface area contributed by atoms with E-state index in [9.17, 15) is 5.11 Å². The largest absolute Gasteiger partial charge is 0.393 e. The van der Waals surface area contributed by atoms with Crippen LogP contribution in [0.5, 0.6) is 0 Å². The Kier molecular flexibility index (Phi) is 16.9. The van der Waals surface area contributed by atoms with Crippen molar-refractivity contribution in [2.75, 3.05) is 0 Å². The summed E-state index contributed by atoms with van der Waals surface area (Å²) < 4.78 is 0. The summed E-state index contributed by atoms with van der Waals surface area (Å²) in [6.07, 6.45) is 5.02. The number of hydrogen-bond donors (Lipinski definition) is 4. The SMILES string of the molecule is CCC(O)CCC(O)CC.CCCC(O)CC(O)CC. The van der Waals surface area contributed by atoms with Crippen LogP contribution in [0, 0.1) is 0 Å². The van der Waals surface area contributed by atoms with Gasteiger partial charge in [-0.25, -0.2) is 0 Å². The van der Waals surface area contributed by atoms with Crippen molar-refractivity contribution in [3.8, 4) is 0 Å². The van der Waals surface area contributed by atoms with Crippen molar-refractivity contribution in [3.05, 3.63) is 0 Å². The topological polar surface area (TPSA) is 80.9 Å². The van der Waals surface area contributed by atoms with Crippen LogP contribution in [0.3, 0.4) is 0 Å². The average molecular weight is 292 g/mol. The number of aliphatic hydroxyl groups is 4. The second kappa shape index (κ2) is 15.2. The fourth-order valence-electron chi connectivity index (χ4n) is 1.72. The Morgan fingerprint density at radius 3 is 1.25 bits per heavy atom. The Morgan fingerprint density at radius 1 is 0.550 bits per heavy atom. The Bertz CT molecular complexity index is 177. The van der Waals surface area contributed by atoms with E-state index in [2.05, 4.69) is 0 Å². The molecule has 4 unspecified atom stereocenters. The van der Waals surface area contributed by atoms with Gasteiger partial charge in [0, 0.05) is 0 Å². The van der Waals surface area contributed by atoms with Crippen molar-refractivity contribution >= 4 is 0 Å². The van der Waals surface area contributed by atoms with Gasteiger partial charge in [0.05, 0.1) is 24.4 Å². The maximum Gasteiger partial charge on any atom is 0.0564 e. The van der Waals surface area contributed by atoms with Gasteiger partial charge in [-0.2, -0.15) is 0 Å². The molecule has 0 heterocycles. The molecule has 124 valence electrons. The highest BCUT2D eigenvalue weighted by Gasteiger charge is 2.08. The molecule has 0 aliphatic carbocycles. The molecular formula is C16H36O4. The Labute approximate surface area is 124 Å². The van der Waals surface area contributed by atoms with Gasteiger partial charge in [-0.15, -0.1) is 0 Å². The minimum Gasteiger partial charge on any atom is -0.393 e. The molecule has 0 saturated heterocycles. The monoisotopic (exact) mass is 292 g/mol. The van der Waals surface area contributed by atoms with Gasteiger partial charge in [0.1, 0.15) is 0 Å². The van der Waals surface area contributed by atoms with E-state index >= 15 is 0 Å². The first-order valence-electron chi connectivity index (χ1n) is 8.13. The first-order chi connectivity index (χ1) is 9.40. The van der Waals surface area contributed by atoms with Crippen LogP contribution >= 0.6 is 0 Å². The van der Waals surface area contributed by atoms with Gasteiger partial charge >= 0.3 is 0 Å². The van der Waals surface area contributed by atoms with Crippen molar-refractivity contribution in [1.29, 1.82) is 0 Å². The molecule has 0 aromatic rings. The number of hydrogen-bond acceptors (Lipinski definition) is 4. The zero-order valence-electron chi connectivity index (χ0n) is 13.8. The van der Waals surface area contributed by atoms with Crippen LogP contribution in [0.2, 0.25) is 0 Å². The molecule has 4 nitrogen and oxygen atoms in total. The van der Waals surface area contributed by atoms with Crippen molar-refractivity contribution < 1.29 is 20.4 Å². The standard InChI is InChI=1S/2C8H18O2/c1-3-7(9)5-6-8(10)4-2;1-3-5-8(10)6-7(9)4-2/h2*7-10H,3-6H2,1-2H3. The molecule has 4 N–H and O–H groups in total. The van der Waals surface area contributed by atoms with Crippen LogP contribution in [0.15, 0.2) is 0 Å². The van der Waals surface area contributed by atoms with Gasteiger partial charge in [0.25, 0.3) is 0 Å². The van der Waals surface area contributed by atoms with Gasteiger partial charge in [-0.1, -0.05) is 34.1 Å². The lowest BCUT2D eigenvalue weighted by atomic mass is 10.1. The normalized spacial score (nSPS) is 16.8. The van der Waals surface area contributed by atoms with Crippen LogP contribution in [-0.2, 0) is 0 Å². The molecule has 0 amide bonds. The van der Waals surface area contributed by atoms with Gasteiger partial charge in [-0.05, 0) is 44.9 Å². The third kappa shape index (κ3) is 15.9. The highest BCUT2D eigenvalue weighted by Crippen LogP contribution is 2.07. The van der Waals surface area contributed by atoms with Crippen molar-refractivity contribution in [3.63, 3.8) is 0 Å². The molecule has 0 aliphatic heterocycles. The van der Waals surface area contributed by atoms with Crippen LogP contribution in [0.25, 0.3) is 0 Å². The Balaban J connectivity index is 0. The van der Waals surface area contributed by atoms with E-state index in [0.717, 1.165) is 44.9 Å². The molecule has 0 spiro atoms. The van der Waals surface area contributed by atoms with Gasteiger partial charge in [0.15, 0.2) is 0 Å². The van der Waals surface area contributed by atoms with Crippen LogP contribution in [0.4, 0.5) is 0 Å². The van der Waals surface area contributed by atoms with E-state index in [-0.39, 0.29) is 24.4 Å². The average Bonchev–Trinajstić information content (AvgIpc) is 2.44. The van der Waals surface area contributed by atoms with E-state index in [4.69, 9.17) is 15.3 Å². The first kappa shape index (κ1) is 22.1. The number of aliphatic hydroxyl groups excluding tert-OH is 4. The van der Waals surface area contributed by atoms with Crippen molar-refractivity contribution in [2.45, 2.75) is 103 Å². The third-order valence-corrected chi connectivity index (χ3v) is 3.41. The van der Waals surface area contributed by atoms with Crippen LogP contribution in [-0.4, -0.2) is 44.8 Å². The van der Waals surface area contributed by atoms with Crippen molar-refractivity contribution in [2.24, 2.45) is 0 Å². The fourth-order valence-corrected chi connectivity index (χ4v) is 1.72. The Hall–Kier alpha value is -0.160. The molecule has 0 saturated carbocycles. The minimum absolute atomic E-state index is 0.221. The summed E-state index contributed by atoms with van der Waals surface area (Å²) in [6.45, 7) is 7.84. The molecule has 0 bridgehead atoms. The zero-order valence-corrected chi connectivity index (χ0v) is 13.8. The predicted molar refractivity (Wildman–Crippen MR) is 83.7 cm³/mol. The highest BCUT2D eigenvalue weighted by molar-refractivity contribution is 4.61. The maximum absolute atomic E-state index is 9.19. The quantitative estimate of drug-likeness (QED) is 0.499. The first-order valence-corrected chi connectivity index (χ1v) is 8.13. The molecule has 0 aliphatic rings. The van der Waals surface area contributed by atoms with E-state index < -0.39 is 0 Å². The van der Waals surface area contributed by atoms with Gasteiger partial charge < -0.3 is 20.4 Å². The molecule has 0 radical (unpaired) electrons. The lowest BCUT2D eigenvalue weighted by molar-refractivity contribution is 0.0733. The maximum atomic E-state index is 9.19. The van der Waals surface area contributed by atoms with Crippen LogP contribution < -0.4 is 0 Å². The van der Waals surface area contributed by atoms with E-state index in [1.165, 1.54) is 0 Å². The summed E-state index contributed by atoms with van der Waals surface area (Å²) in [7, 11) is 0. The predicted octanol–water partition coefficient (Wildman–Crippen LogP) is 2.62. The number of rotatable bonds is 10. The fraction of sp³-hybridized carbons (Fsp3) is 1.00. The lowest BCUT2D eigenvalue weighted by Gasteiger charge is -2.12. The highest BCUT2D eigenvalue weighted by atomic mass is 16.3. The summed E-state index contributed by atoms with van der Waals surface area (Å²) in [6, 6.07) is 0. The second-order valence-electron chi connectivity index (χ2n) is 5.44. The molecule has 0 aromatic carbocycles. The van der Waals surface area contributed by atoms with Crippen LogP contribution in [0.1, 0.15) is 79.1 Å². The summed E-state index contributed by atoms with van der Waals surface area (Å²) >= 11 is 0. The summed E-state index contributed by atoms with van der Waals surface area (Å²) in [4.78, 5) is 0. The summed E-state index contributed by atoms with van der Waals surface area (Å²) in [5.74, 6) is 0. The molecule has 20 heavy (non-hydrogen) atoms. The molecule has 0 aromatic heterocycles. The summed E-state index contributed by atoms with van der Waals surface area (Å²) in [5, 5.41) is 36.5. The molecule has 0 rings (SSSR count). The van der Waals surface area contributed by atoms with Crippen molar-refractivity contribution in [1.82, 2.24) is 0 Å². The molecular weight excluding hydrogens is 256 g/mol. The second-order valence-corrected chi connectivity index (χ2v) is 5.44. The lowest BCUT2D eigenvalue weighted by Crippen LogP contribution is -2.16. The Morgan fingerprint density at radius 2 is 0.950 bits per heavy atom. The zero-order chi connectivity index (χ0) is 16.0. The van der Waals surface area contributed by atoms with E-state index in [1.54, 1.807) is 0 Å². The third-order valence-electron chi connectivity index (χ3n) is 3.41. The molecule has 4 atom stereocenters. The summed E-state index contributed by atoms with van der Waals surface area (Å²) in [5.41, 5.74) is 0.